The molecular weight excluding hydrogens is 250 g/mol. The van der Waals surface area contributed by atoms with Gasteiger partial charge in [0.15, 0.2) is 0 Å². The summed E-state index contributed by atoms with van der Waals surface area (Å²) in [6, 6.07) is 3.65. The zero-order valence-corrected chi connectivity index (χ0v) is 11.1. The van der Waals surface area contributed by atoms with Crippen molar-refractivity contribution in [3.05, 3.63) is 29.6 Å². The van der Waals surface area contributed by atoms with Gasteiger partial charge in [0, 0.05) is 30.3 Å². The van der Waals surface area contributed by atoms with E-state index in [2.05, 4.69) is 10.6 Å². The van der Waals surface area contributed by atoms with E-state index in [1.165, 1.54) is 18.2 Å². The molecule has 0 spiro atoms. The quantitative estimate of drug-likeness (QED) is 0.885. The summed E-state index contributed by atoms with van der Waals surface area (Å²) in [7, 11) is 0. The third kappa shape index (κ3) is 2.55. The molecule has 104 valence electrons. The maximum Gasteiger partial charge on any atom is 0.262 e. The van der Waals surface area contributed by atoms with Crippen molar-refractivity contribution in [3.63, 3.8) is 0 Å². The van der Waals surface area contributed by atoms with E-state index in [1.807, 2.05) is 13.8 Å². The smallest absolute Gasteiger partial charge is 0.262 e. The first kappa shape index (κ1) is 13.8. The minimum absolute atomic E-state index is 0.0495. The van der Waals surface area contributed by atoms with Crippen LogP contribution >= 0.6 is 0 Å². The Kier molecular flexibility index (Phi) is 3.73. The van der Waals surface area contributed by atoms with Crippen LogP contribution in [0.4, 0.5) is 14.5 Å². The SMILES string of the molecule is CCC(C)NC(=O)[C@]1(F)CCNc2cc(F)ccc21. The molecule has 1 aromatic carbocycles. The fraction of sp³-hybridized carbons (Fsp3) is 0.500. The number of fused-ring (bicyclic) bond motifs is 1. The van der Waals surface area contributed by atoms with Gasteiger partial charge in [-0.3, -0.25) is 4.79 Å². The van der Waals surface area contributed by atoms with Crippen LogP contribution in [-0.4, -0.2) is 18.5 Å². The van der Waals surface area contributed by atoms with Gasteiger partial charge in [-0.15, -0.1) is 0 Å². The number of halogens is 2. The zero-order chi connectivity index (χ0) is 14.0. The van der Waals surface area contributed by atoms with E-state index < -0.39 is 17.4 Å². The molecule has 2 rings (SSSR count). The number of carbonyl (C=O) groups is 1. The minimum Gasteiger partial charge on any atom is -0.384 e. The predicted molar refractivity (Wildman–Crippen MR) is 70.2 cm³/mol. The molecule has 2 N–H and O–H groups in total. The van der Waals surface area contributed by atoms with Crippen LogP contribution in [0.15, 0.2) is 18.2 Å². The van der Waals surface area contributed by atoms with E-state index in [1.54, 1.807) is 0 Å². The second-order valence-electron chi connectivity index (χ2n) is 4.95. The first-order valence-corrected chi connectivity index (χ1v) is 6.51. The van der Waals surface area contributed by atoms with Gasteiger partial charge in [0.1, 0.15) is 5.82 Å². The molecule has 0 bridgehead atoms. The summed E-state index contributed by atoms with van der Waals surface area (Å²) in [6.07, 6.45) is 0.782. The molecule has 19 heavy (non-hydrogen) atoms. The van der Waals surface area contributed by atoms with Crippen LogP contribution in [0.2, 0.25) is 0 Å². The third-order valence-electron chi connectivity index (χ3n) is 3.54. The van der Waals surface area contributed by atoms with Crippen LogP contribution in [0.25, 0.3) is 0 Å². The molecule has 0 aromatic heterocycles. The Morgan fingerprint density at radius 3 is 3.00 bits per heavy atom. The van der Waals surface area contributed by atoms with Crippen LogP contribution in [0.5, 0.6) is 0 Å². The predicted octanol–water partition coefficient (Wildman–Crippen LogP) is 2.72. The van der Waals surface area contributed by atoms with Gasteiger partial charge in [0.2, 0.25) is 5.67 Å². The Morgan fingerprint density at radius 1 is 1.58 bits per heavy atom. The first-order valence-electron chi connectivity index (χ1n) is 6.51. The summed E-state index contributed by atoms with van der Waals surface area (Å²) in [6.45, 7) is 4.05. The number of hydrogen-bond donors (Lipinski definition) is 2. The van der Waals surface area contributed by atoms with Crippen LogP contribution < -0.4 is 10.6 Å². The number of alkyl halides is 1. The van der Waals surface area contributed by atoms with E-state index in [0.29, 0.717) is 12.2 Å². The number of carbonyl (C=O) groups excluding carboxylic acids is 1. The Labute approximate surface area is 111 Å². The van der Waals surface area contributed by atoms with Crippen molar-refractivity contribution in [3.8, 4) is 0 Å². The largest absolute Gasteiger partial charge is 0.384 e. The number of rotatable bonds is 3. The van der Waals surface area contributed by atoms with Gasteiger partial charge in [-0.1, -0.05) is 13.0 Å². The van der Waals surface area contributed by atoms with Gasteiger partial charge in [0.05, 0.1) is 0 Å². The summed E-state index contributed by atoms with van der Waals surface area (Å²) in [5.74, 6) is -1.09. The van der Waals surface area contributed by atoms with Crippen LogP contribution in [0, 0.1) is 5.82 Å². The second-order valence-corrected chi connectivity index (χ2v) is 4.95. The van der Waals surface area contributed by atoms with Crippen molar-refractivity contribution in [2.24, 2.45) is 0 Å². The van der Waals surface area contributed by atoms with Gasteiger partial charge in [-0.2, -0.15) is 0 Å². The Hall–Kier alpha value is -1.65. The minimum atomic E-state index is -2.09. The zero-order valence-electron chi connectivity index (χ0n) is 11.1. The Bertz CT molecular complexity index is 492. The normalized spacial score (nSPS) is 23.2. The lowest BCUT2D eigenvalue weighted by Crippen LogP contribution is -2.47. The van der Waals surface area contributed by atoms with E-state index >= 15 is 4.39 Å². The monoisotopic (exact) mass is 268 g/mol. The molecule has 0 fully saturated rings. The summed E-state index contributed by atoms with van der Waals surface area (Å²) in [5, 5.41) is 5.58. The summed E-state index contributed by atoms with van der Waals surface area (Å²) in [4.78, 5) is 12.1. The molecule has 1 aliphatic rings. The third-order valence-corrected chi connectivity index (χ3v) is 3.54. The fourth-order valence-corrected chi connectivity index (χ4v) is 2.19. The number of anilines is 1. The summed E-state index contributed by atoms with van der Waals surface area (Å²) < 4.78 is 28.2. The van der Waals surface area contributed by atoms with E-state index in [4.69, 9.17) is 0 Å². The molecule has 0 aliphatic carbocycles. The van der Waals surface area contributed by atoms with Crippen molar-refractivity contribution in [2.45, 2.75) is 38.4 Å². The van der Waals surface area contributed by atoms with Crippen molar-refractivity contribution >= 4 is 11.6 Å². The molecule has 1 heterocycles. The highest BCUT2D eigenvalue weighted by Crippen LogP contribution is 2.39. The summed E-state index contributed by atoms with van der Waals surface area (Å²) in [5.41, 5.74) is -1.52. The average molecular weight is 268 g/mol. The first-order chi connectivity index (χ1) is 8.97. The van der Waals surface area contributed by atoms with Gasteiger partial charge in [0.25, 0.3) is 5.91 Å². The van der Waals surface area contributed by atoms with Crippen LogP contribution in [0.1, 0.15) is 32.3 Å². The van der Waals surface area contributed by atoms with Crippen LogP contribution in [-0.2, 0) is 10.5 Å². The van der Waals surface area contributed by atoms with E-state index in [9.17, 15) is 9.18 Å². The molecular formula is C14H18F2N2O. The molecule has 3 nitrogen and oxygen atoms in total. The highest BCUT2D eigenvalue weighted by atomic mass is 19.1. The van der Waals surface area contributed by atoms with Crippen molar-refractivity contribution in [2.75, 3.05) is 11.9 Å². The molecule has 1 unspecified atom stereocenters. The highest BCUT2D eigenvalue weighted by Gasteiger charge is 2.44. The molecule has 1 aromatic rings. The lowest BCUT2D eigenvalue weighted by atomic mass is 9.86. The number of nitrogens with one attached hydrogen (secondary N) is 2. The van der Waals surface area contributed by atoms with Gasteiger partial charge < -0.3 is 10.6 Å². The lowest BCUT2D eigenvalue weighted by molar-refractivity contribution is -0.134. The van der Waals surface area contributed by atoms with Gasteiger partial charge in [-0.05, 0) is 25.5 Å². The van der Waals surface area contributed by atoms with Gasteiger partial charge in [-0.25, -0.2) is 8.78 Å². The molecule has 5 heteroatoms. The maximum absolute atomic E-state index is 15.0. The molecule has 0 saturated heterocycles. The number of benzene rings is 1. The number of amides is 1. The maximum atomic E-state index is 15.0. The molecule has 2 atom stereocenters. The molecule has 1 aliphatic heterocycles. The van der Waals surface area contributed by atoms with E-state index in [-0.39, 0.29) is 18.0 Å². The topological polar surface area (TPSA) is 41.1 Å². The number of hydrogen-bond acceptors (Lipinski definition) is 2. The summed E-state index contributed by atoms with van der Waals surface area (Å²) >= 11 is 0. The molecule has 0 radical (unpaired) electrons. The van der Waals surface area contributed by atoms with Gasteiger partial charge >= 0.3 is 0 Å². The molecule has 0 saturated carbocycles. The molecule has 1 amide bonds. The average Bonchev–Trinajstić information content (AvgIpc) is 2.38. The lowest BCUT2D eigenvalue weighted by Gasteiger charge is -2.32. The van der Waals surface area contributed by atoms with Crippen molar-refractivity contribution < 1.29 is 13.6 Å². The van der Waals surface area contributed by atoms with Crippen LogP contribution in [0.3, 0.4) is 0 Å². The van der Waals surface area contributed by atoms with E-state index in [0.717, 1.165) is 6.42 Å². The van der Waals surface area contributed by atoms with Crippen molar-refractivity contribution in [1.82, 2.24) is 5.32 Å². The standard InChI is InChI=1S/C14H18F2N2O/c1-3-9(2)18-13(19)14(16)6-7-17-12-8-10(15)4-5-11(12)14/h4-5,8-9,17H,3,6-7H2,1-2H3,(H,18,19)/t9?,14-/m0/s1. The fourth-order valence-electron chi connectivity index (χ4n) is 2.19. The Balaban J connectivity index is 2.33. The second kappa shape index (κ2) is 5.15. The Morgan fingerprint density at radius 2 is 2.32 bits per heavy atom. The van der Waals surface area contributed by atoms with Crippen molar-refractivity contribution in [1.29, 1.82) is 0 Å². The highest BCUT2D eigenvalue weighted by molar-refractivity contribution is 5.89.